The predicted octanol–water partition coefficient (Wildman–Crippen LogP) is 4.14. The van der Waals surface area contributed by atoms with Crippen molar-refractivity contribution in [3.05, 3.63) is 77.1 Å². The molecular formula is C17H14ClNO. The SMILES string of the molecule is CC(O)(c1cccc(Cl)c1)c1cccc2ccncc12. The maximum atomic E-state index is 11.0. The molecule has 100 valence electrons. The minimum atomic E-state index is -1.12. The van der Waals surface area contributed by atoms with E-state index in [1.807, 2.05) is 36.4 Å². The molecule has 0 aliphatic rings. The van der Waals surface area contributed by atoms with Crippen LogP contribution >= 0.6 is 11.6 Å². The minimum Gasteiger partial charge on any atom is -0.381 e. The number of nitrogens with zero attached hydrogens (tertiary/aromatic N) is 1. The first-order valence-corrected chi connectivity index (χ1v) is 6.78. The van der Waals surface area contributed by atoms with E-state index in [0.29, 0.717) is 5.02 Å². The number of hydrogen-bond acceptors (Lipinski definition) is 2. The average Bonchev–Trinajstić information content (AvgIpc) is 2.46. The fourth-order valence-electron chi connectivity index (χ4n) is 2.48. The van der Waals surface area contributed by atoms with Gasteiger partial charge >= 0.3 is 0 Å². The third kappa shape index (κ3) is 2.17. The minimum absolute atomic E-state index is 0.612. The highest BCUT2D eigenvalue weighted by atomic mass is 35.5. The van der Waals surface area contributed by atoms with E-state index in [-0.39, 0.29) is 0 Å². The molecule has 2 aromatic carbocycles. The standard InChI is InChI=1S/C17H14ClNO/c1-17(20,13-5-3-6-14(18)10-13)16-7-2-4-12-8-9-19-11-15(12)16/h2-11,20H,1H3. The van der Waals surface area contributed by atoms with E-state index in [4.69, 9.17) is 11.6 Å². The summed E-state index contributed by atoms with van der Waals surface area (Å²) < 4.78 is 0. The van der Waals surface area contributed by atoms with Gasteiger partial charge in [-0.25, -0.2) is 0 Å². The molecule has 3 heteroatoms. The zero-order valence-electron chi connectivity index (χ0n) is 11.0. The summed E-state index contributed by atoms with van der Waals surface area (Å²) in [6, 6.07) is 15.1. The van der Waals surface area contributed by atoms with Crippen molar-refractivity contribution in [2.45, 2.75) is 12.5 Å². The molecule has 1 aromatic heterocycles. The third-order valence-electron chi connectivity index (χ3n) is 3.59. The Morgan fingerprint density at radius 2 is 1.90 bits per heavy atom. The van der Waals surface area contributed by atoms with E-state index < -0.39 is 5.60 Å². The van der Waals surface area contributed by atoms with Gasteiger partial charge in [0.1, 0.15) is 5.60 Å². The molecule has 20 heavy (non-hydrogen) atoms. The van der Waals surface area contributed by atoms with Crippen LogP contribution in [-0.4, -0.2) is 10.1 Å². The lowest BCUT2D eigenvalue weighted by atomic mass is 9.86. The maximum absolute atomic E-state index is 11.0. The van der Waals surface area contributed by atoms with Crippen LogP contribution < -0.4 is 0 Å². The van der Waals surface area contributed by atoms with E-state index >= 15 is 0 Å². The van der Waals surface area contributed by atoms with E-state index in [0.717, 1.165) is 21.9 Å². The van der Waals surface area contributed by atoms with E-state index in [9.17, 15) is 5.11 Å². The molecule has 0 aliphatic carbocycles. The van der Waals surface area contributed by atoms with Gasteiger partial charge < -0.3 is 5.11 Å². The summed E-state index contributed by atoms with van der Waals surface area (Å²) in [4.78, 5) is 4.16. The van der Waals surface area contributed by atoms with Gasteiger partial charge in [0.15, 0.2) is 0 Å². The van der Waals surface area contributed by atoms with Crippen molar-refractivity contribution >= 4 is 22.4 Å². The summed E-state index contributed by atoms with van der Waals surface area (Å²) in [5.41, 5.74) is 0.472. The molecule has 1 heterocycles. The molecule has 0 bridgehead atoms. The Bertz CT molecular complexity index is 762. The Morgan fingerprint density at radius 3 is 2.70 bits per heavy atom. The number of benzene rings is 2. The molecule has 1 unspecified atom stereocenters. The van der Waals surface area contributed by atoms with Crippen LogP contribution in [0, 0.1) is 0 Å². The van der Waals surface area contributed by atoms with Crippen LogP contribution in [0.25, 0.3) is 10.8 Å². The van der Waals surface area contributed by atoms with Crippen LogP contribution in [0.1, 0.15) is 18.1 Å². The summed E-state index contributed by atoms with van der Waals surface area (Å²) in [5.74, 6) is 0. The van der Waals surface area contributed by atoms with Crippen molar-refractivity contribution in [2.75, 3.05) is 0 Å². The van der Waals surface area contributed by atoms with Crippen LogP contribution in [0.3, 0.4) is 0 Å². The van der Waals surface area contributed by atoms with Gasteiger partial charge in [-0.1, -0.05) is 41.9 Å². The summed E-state index contributed by atoms with van der Waals surface area (Å²) in [6.45, 7) is 1.78. The smallest absolute Gasteiger partial charge is 0.112 e. The second-order valence-corrected chi connectivity index (χ2v) is 5.42. The molecule has 2 nitrogen and oxygen atoms in total. The molecule has 3 aromatic rings. The van der Waals surface area contributed by atoms with Crippen molar-refractivity contribution in [1.82, 2.24) is 4.98 Å². The molecule has 3 rings (SSSR count). The number of rotatable bonds is 2. The Hall–Kier alpha value is -1.90. The van der Waals surface area contributed by atoms with E-state index in [2.05, 4.69) is 4.98 Å². The molecule has 0 saturated heterocycles. The van der Waals surface area contributed by atoms with Crippen molar-refractivity contribution in [3.8, 4) is 0 Å². The quantitative estimate of drug-likeness (QED) is 0.766. The first-order chi connectivity index (χ1) is 9.59. The van der Waals surface area contributed by atoms with Crippen LogP contribution in [0.2, 0.25) is 5.02 Å². The number of fused-ring (bicyclic) bond motifs is 1. The fourth-order valence-corrected chi connectivity index (χ4v) is 2.67. The highest BCUT2D eigenvalue weighted by molar-refractivity contribution is 6.30. The second-order valence-electron chi connectivity index (χ2n) is 4.98. The number of halogens is 1. The summed E-state index contributed by atoms with van der Waals surface area (Å²) in [5, 5.41) is 13.6. The van der Waals surface area contributed by atoms with Crippen LogP contribution in [-0.2, 0) is 5.60 Å². The molecule has 0 saturated carbocycles. The number of hydrogen-bond donors (Lipinski definition) is 1. The normalized spacial score (nSPS) is 14.2. The molecule has 0 fully saturated rings. The Balaban J connectivity index is 2.23. The lowest BCUT2D eigenvalue weighted by Crippen LogP contribution is -2.23. The number of aromatic nitrogens is 1. The molecular weight excluding hydrogens is 270 g/mol. The lowest BCUT2D eigenvalue weighted by molar-refractivity contribution is 0.104. The second kappa shape index (κ2) is 4.89. The Kier molecular flexibility index (Phi) is 3.20. The largest absolute Gasteiger partial charge is 0.381 e. The zero-order valence-corrected chi connectivity index (χ0v) is 11.8. The maximum Gasteiger partial charge on any atom is 0.112 e. The molecule has 0 spiro atoms. The van der Waals surface area contributed by atoms with Crippen molar-refractivity contribution in [3.63, 3.8) is 0 Å². The Morgan fingerprint density at radius 1 is 1.10 bits per heavy atom. The fraction of sp³-hybridized carbons (Fsp3) is 0.118. The van der Waals surface area contributed by atoms with Crippen LogP contribution in [0.15, 0.2) is 60.9 Å². The van der Waals surface area contributed by atoms with E-state index in [1.54, 1.807) is 31.5 Å². The average molecular weight is 284 g/mol. The molecule has 0 radical (unpaired) electrons. The molecule has 0 aliphatic heterocycles. The van der Waals surface area contributed by atoms with E-state index in [1.165, 1.54) is 0 Å². The Labute approximate surface area is 122 Å². The van der Waals surface area contributed by atoms with Gasteiger partial charge in [0, 0.05) is 22.8 Å². The number of pyridine rings is 1. The highest BCUT2D eigenvalue weighted by Gasteiger charge is 2.27. The lowest BCUT2D eigenvalue weighted by Gasteiger charge is -2.26. The van der Waals surface area contributed by atoms with Gasteiger partial charge in [0.25, 0.3) is 0 Å². The van der Waals surface area contributed by atoms with Gasteiger partial charge in [-0.05, 0) is 41.6 Å². The zero-order chi connectivity index (χ0) is 14.2. The molecule has 1 atom stereocenters. The van der Waals surface area contributed by atoms with Crippen molar-refractivity contribution < 1.29 is 5.11 Å². The van der Waals surface area contributed by atoms with Crippen molar-refractivity contribution in [2.24, 2.45) is 0 Å². The summed E-state index contributed by atoms with van der Waals surface area (Å²) >= 11 is 6.03. The number of aliphatic hydroxyl groups is 1. The van der Waals surface area contributed by atoms with Crippen molar-refractivity contribution in [1.29, 1.82) is 0 Å². The third-order valence-corrected chi connectivity index (χ3v) is 3.83. The van der Waals surface area contributed by atoms with Gasteiger partial charge in [0.2, 0.25) is 0 Å². The van der Waals surface area contributed by atoms with Gasteiger partial charge in [-0.3, -0.25) is 4.98 Å². The first-order valence-electron chi connectivity index (χ1n) is 6.41. The topological polar surface area (TPSA) is 33.1 Å². The van der Waals surface area contributed by atoms with Crippen LogP contribution in [0.4, 0.5) is 0 Å². The van der Waals surface area contributed by atoms with Gasteiger partial charge in [0.05, 0.1) is 0 Å². The van der Waals surface area contributed by atoms with Gasteiger partial charge in [-0.2, -0.15) is 0 Å². The monoisotopic (exact) mass is 283 g/mol. The summed E-state index contributed by atoms with van der Waals surface area (Å²) in [6.07, 6.45) is 3.53. The highest BCUT2D eigenvalue weighted by Crippen LogP contribution is 2.34. The van der Waals surface area contributed by atoms with Crippen LogP contribution in [0.5, 0.6) is 0 Å². The predicted molar refractivity (Wildman–Crippen MR) is 81.9 cm³/mol. The summed E-state index contributed by atoms with van der Waals surface area (Å²) in [7, 11) is 0. The first kappa shape index (κ1) is 13.1. The molecule has 0 amide bonds. The molecule has 1 N–H and O–H groups in total. The van der Waals surface area contributed by atoms with Gasteiger partial charge in [-0.15, -0.1) is 0 Å².